The Kier molecular flexibility index (Phi) is 5.99. The van der Waals surface area contributed by atoms with Gasteiger partial charge in [0.1, 0.15) is 0 Å². The van der Waals surface area contributed by atoms with Crippen LogP contribution in [0.1, 0.15) is 16.8 Å². The Labute approximate surface area is 125 Å². The van der Waals surface area contributed by atoms with Gasteiger partial charge < -0.3 is 10.6 Å². The summed E-state index contributed by atoms with van der Waals surface area (Å²) in [7, 11) is 0. The molecule has 0 radical (unpaired) electrons. The largest absolute Gasteiger partial charge is 0.348 e. The fraction of sp³-hybridized carbons (Fsp3) is 0.364. The van der Waals surface area contributed by atoms with Crippen LogP contribution in [0.4, 0.5) is 0 Å². The number of carbonyl (C=O) groups is 1. The van der Waals surface area contributed by atoms with Gasteiger partial charge >= 0.3 is 0 Å². The molecule has 1 aliphatic rings. The van der Waals surface area contributed by atoms with E-state index in [1.807, 2.05) is 6.07 Å². The second kappa shape index (κ2) is 6.78. The van der Waals surface area contributed by atoms with Gasteiger partial charge in [0, 0.05) is 16.2 Å². The Morgan fingerprint density at radius 2 is 2.29 bits per heavy atom. The van der Waals surface area contributed by atoms with Crippen molar-refractivity contribution >= 4 is 52.5 Å². The fourth-order valence-electron chi connectivity index (χ4n) is 1.71. The molecule has 1 aromatic rings. The molecule has 1 saturated heterocycles. The van der Waals surface area contributed by atoms with Gasteiger partial charge in [0.15, 0.2) is 0 Å². The lowest BCUT2D eigenvalue weighted by atomic mass is 10.2. The highest BCUT2D eigenvalue weighted by Gasteiger charge is 2.18. The average Bonchev–Trinajstić information content (AvgIpc) is 2.70. The SMILES string of the molecule is Cl.O=C(NC1CCNC1)c1ccc(I)cc1Cl. The maximum atomic E-state index is 11.9. The quantitative estimate of drug-likeness (QED) is 0.766. The van der Waals surface area contributed by atoms with Gasteiger partial charge in [0.05, 0.1) is 10.6 Å². The third-order valence-corrected chi connectivity index (χ3v) is 3.55. The maximum absolute atomic E-state index is 11.9. The Hall–Kier alpha value is -0.0400. The van der Waals surface area contributed by atoms with E-state index in [0.29, 0.717) is 10.6 Å². The highest BCUT2D eigenvalue weighted by Crippen LogP contribution is 2.19. The van der Waals surface area contributed by atoms with Gasteiger partial charge in [-0.1, -0.05) is 11.6 Å². The summed E-state index contributed by atoms with van der Waals surface area (Å²) in [5.74, 6) is -0.0879. The standard InChI is InChI=1S/C11H12ClIN2O.ClH/c12-10-5-7(13)1-2-9(10)11(16)15-8-3-4-14-6-8;/h1-2,5,8,14H,3-4,6H2,(H,15,16);1H. The predicted octanol–water partition coefficient (Wildman–Crippen LogP) is 2.46. The van der Waals surface area contributed by atoms with E-state index < -0.39 is 0 Å². The lowest BCUT2D eigenvalue weighted by Crippen LogP contribution is -2.36. The summed E-state index contributed by atoms with van der Waals surface area (Å²) in [6.45, 7) is 1.80. The highest BCUT2D eigenvalue weighted by atomic mass is 127. The molecule has 1 aliphatic heterocycles. The van der Waals surface area contributed by atoms with Crippen molar-refractivity contribution in [1.29, 1.82) is 0 Å². The molecule has 1 unspecified atom stereocenters. The molecule has 2 N–H and O–H groups in total. The van der Waals surface area contributed by atoms with Crippen LogP contribution in [0.15, 0.2) is 18.2 Å². The first-order chi connectivity index (χ1) is 7.66. The number of amides is 1. The van der Waals surface area contributed by atoms with Crippen molar-refractivity contribution in [2.24, 2.45) is 0 Å². The smallest absolute Gasteiger partial charge is 0.253 e. The third-order valence-electron chi connectivity index (χ3n) is 2.57. The first-order valence-corrected chi connectivity index (χ1v) is 6.59. The zero-order valence-corrected chi connectivity index (χ0v) is 12.7. The van der Waals surface area contributed by atoms with Gasteiger partial charge in [-0.05, 0) is 53.8 Å². The van der Waals surface area contributed by atoms with Gasteiger partial charge in [0.25, 0.3) is 5.91 Å². The third kappa shape index (κ3) is 3.98. The number of hydrogen-bond acceptors (Lipinski definition) is 2. The molecule has 94 valence electrons. The van der Waals surface area contributed by atoms with Crippen molar-refractivity contribution in [3.8, 4) is 0 Å². The van der Waals surface area contributed by atoms with E-state index in [4.69, 9.17) is 11.6 Å². The van der Waals surface area contributed by atoms with Crippen LogP contribution in [0.25, 0.3) is 0 Å². The van der Waals surface area contributed by atoms with E-state index in [-0.39, 0.29) is 24.4 Å². The number of rotatable bonds is 2. The summed E-state index contributed by atoms with van der Waals surface area (Å²) in [4.78, 5) is 11.9. The van der Waals surface area contributed by atoms with Crippen LogP contribution in [-0.2, 0) is 0 Å². The van der Waals surface area contributed by atoms with Gasteiger partial charge in [-0.2, -0.15) is 0 Å². The Balaban J connectivity index is 0.00000144. The van der Waals surface area contributed by atoms with Crippen LogP contribution in [0, 0.1) is 3.57 Å². The van der Waals surface area contributed by atoms with Gasteiger partial charge in [-0.3, -0.25) is 4.79 Å². The highest BCUT2D eigenvalue weighted by molar-refractivity contribution is 14.1. The molecule has 0 bridgehead atoms. The second-order valence-electron chi connectivity index (χ2n) is 3.79. The predicted molar refractivity (Wildman–Crippen MR) is 80.2 cm³/mol. The van der Waals surface area contributed by atoms with E-state index in [2.05, 4.69) is 33.2 Å². The molecular formula is C11H13Cl2IN2O. The van der Waals surface area contributed by atoms with E-state index in [0.717, 1.165) is 23.1 Å². The fourth-order valence-corrected chi connectivity index (χ4v) is 2.66. The number of nitrogens with one attached hydrogen (secondary N) is 2. The number of hydrogen-bond donors (Lipinski definition) is 2. The van der Waals surface area contributed by atoms with Crippen LogP contribution in [0.5, 0.6) is 0 Å². The zero-order chi connectivity index (χ0) is 11.5. The van der Waals surface area contributed by atoms with Crippen molar-refractivity contribution in [2.45, 2.75) is 12.5 Å². The summed E-state index contributed by atoms with van der Waals surface area (Å²) in [5.41, 5.74) is 0.550. The normalized spacial score (nSPS) is 18.6. The molecule has 0 aromatic heterocycles. The summed E-state index contributed by atoms with van der Waals surface area (Å²) in [6, 6.07) is 5.67. The summed E-state index contributed by atoms with van der Waals surface area (Å²) in [6.07, 6.45) is 0.980. The average molecular weight is 387 g/mol. The van der Waals surface area contributed by atoms with Crippen LogP contribution >= 0.6 is 46.6 Å². The molecule has 1 heterocycles. The van der Waals surface area contributed by atoms with E-state index in [1.165, 1.54) is 0 Å². The maximum Gasteiger partial charge on any atom is 0.253 e. The number of benzene rings is 1. The van der Waals surface area contributed by atoms with Crippen LogP contribution < -0.4 is 10.6 Å². The minimum Gasteiger partial charge on any atom is -0.348 e. The topological polar surface area (TPSA) is 41.1 Å². The molecule has 0 saturated carbocycles. The molecule has 1 atom stereocenters. The van der Waals surface area contributed by atoms with E-state index in [1.54, 1.807) is 12.1 Å². The Bertz CT molecular complexity index is 408. The monoisotopic (exact) mass is 386 g/mol. The van der Waals surface area contributed by atoms with Crippen molar-refractivity contribution < 1.29 is 4.79 Å². The molecule has 0 spiro atoms. The van der Waals surface area contributed by atoms with E-state index in [9.17, 15) is 4.79 Å². The molecular weight excluding hydrogens is 374 g/mol. The molecule has 1 amide bonds. The van der Waals surface area contributed by atoms with Crippen LogP contribution in [-0.4, -0.2) is 25.0 Å². The summed E-state index contributed by atoms with van der Waals surface area (Å²) < 4.78 is 1.03. The van der Waals surface area contributed by atoms with Gasteiger partial charge in [0.2, 0.25) is 0 Å². The van der Waals surface area contributed by atoms with Crippen molar-refractivity contribution in [2.75, 3.05) is 13.1 Å². The molecule has 1 aromatic carbocycles. The van der Waals surface area contributed by atoms with Crippen LogP contribution in [0.2, 0.25) is 5.02 Å². The summed E-state index contributed by atoms with van der Waals surface area (Å²) >= 11 is 8.20. The summed E-state index contributed by atoms with van der Waals surface area (Å²) in [5, 5.41) is 6.68. The van der Waals surface area contributed by atoms with Crippen molar-refractivity contribution in [1.82, 2.24) is 10.6 Å². The minimum absolute atomic E-state index is 0. The first-order valence-electron chi connectivity index (χ1n) is 5.13. The molecule has 3 nitrogen and oxygen atoms in total. The molecule has 1 fully saturated rings. The molecule has 2 rings (SSSR count). The van der Waals surface area contributed by atoms with E-state index >= 15 is 0 Å². The lowest BCUT2D eigenvalue weighted by Gasteiger charge is -2.12. The number of halogens is 3. The Morgan fingerprint density at radius 1 is 1.53 bits per heavy atom. The van der Waals surface area contributed by atoms with Crippen molar-refractivity contribution in [3.05, 3.63) is 32.4 Å². The van der Waals surface area contributed by atoms with Crippen molar-refractivity contribution in [3.63, 3.8) is 0 Å². The van der Waals surface area contributed by atoms with Gasteiger partial charge in [-0.15, -0.1) is 12.4 Å². The minimum atomic E-state index is -0.0879. The molecule has 0 aliphatic carbocycles. The Morgan fingerprint density at radius 3 is 2.88 bits per heavy atom. The van der Waals surface area contributed by atoms with Gasteiger partial charge in [-0.25, -0.2) is 0 Å². The first kappa shape index (κ1) is 15.0. The van der Waals surface area contributed by atoms with Crippen LogP contribution in [0.3, 0.4) is 0 Å². The lowest BCUT2D eigenvalue weighted by molar-refractivity contribution is 0.0940. The number of carbonyl (C=O) groups excluding carboxylic acids is 1. The second-order valence-corrected chi connectivity index (χ2v) is 5.44. The molecule has 6 heteroatoms. The zero-order valence-electron chi connectivity index (χ0n) is 9.00. The molecule has 17 heavy (non-hydrogen) atoms.